The van der Waals surface area contributed by atoms with Gasteiger partial charge < -0.3 is 5.11 Å². The van der Waals surface area contributed by atoms with Crippen LogP contribution in [0.1, 0.15) is 30.7 Å². The minimum absolute atomic E-state index is 0.162. The summed E-state index contributed by atoms with van der Waals surface area (Å²) in [4.78, 5) is 14.5. The van der Waals surface area contributed by atoms with E-state index in [0.717, 1.165) is 30.3 Å². The molecular weight excluding hydrogens is 258 g/mol. The minimum Gasteiger partial charge on any atom is -0.481 e. The fourth-order valence-corrected chi connectivity index (χ4v) is 3.41. The van der Waals surface area contributed by atoms with Gasteiger partial charge in [-0.25, -0.2) is 0 Å². The summed E-state index contributed by atoms with van der Waals surface area (Å²) >= 11 is 7.53. The van der Waals surface area contributed by atoms with E-state index in [1.807, 2.05) is 6.07 Å². The van der Waals surface area contributed by atoms with Gasteiger partial charge in [-0.15, -0.1) is 11.3 Å². The van der Waals surface area contributed by atoms with Gasteiger partial charge in [0.05, 0.1) is 10.3 Å². The molecule has 1 saturated heterocycles. The van der Waals surface area contributed by atoms with E-state index >= 15 is 0 Å². The average Bonchev–Trinajstić information content (AvgIpc) is 2.75. The van der Waals surface area contributed by atoms with E-state index in [4.69, 9.17) is 16.7 Å². The second-order valence-corrected chi connectivity index (χ2v) is 6.21. The predicted octanol–water partition coefficient (Wildman–Crippen LogP) is 3.26. The summed E-state index contributed by atoms with van der Waals surface area (Å²) < 4.78 is 0.812. The Morgan fingerprint density at radius 1 is 1.53 bits per heavy atom. The van der Waals surface area contributed by atoms with Crippen molar-refractivity contribution in [3.63, 3.8) is 0 Å². The number of hydrogen-bond acceptors (Lipinski definition) is 3. The largest absolute Gasteiger partial charge is 0.481 e. The Hall–Kier alpha value is -0.580. The van der Waals surface area contributed by atoms with Crippen molar-refractivity contribution in [2.45, 2.75) is 25.8 Å². The lowest BCUT2D eigenvalue weighted by Gasteiger charge is -2.34. The molecule has 5 heteroatoms. The Labute approximate surface area is 110 Å². The van der Waals surface area contributed by atoms with Crippen LogP contribution in [0.2, 0.25) is 4.34 Å². The number of likely N-dealkylation sites (tertiary alicyclic amines) is 1. The van der Waals surface area contributed by atoms with Crippen LogP contribution in [0.25, 0.3) is 0 Å². The van der Waals surface area contributed by atoms with Crippen LogP contribution >= 0.6 is 22.9 Å². The van der Waals surface area contributed by atoms with Crippen LogP contribution in [-0.2, 0) is 4.79 Å². The number of halogens is 1. The molecule has 2 rings (SSSR count). The van der Waals surface area contributed by atoms with Crippen molar-refractivity contribution in [1.82, 2.24) is 4.90 Å². The molecule has 0 aliphatic carbocycles. The first-order valence-electron chi connectivity index (χ1n) is 5.80. The molecule has 1 unspecified atom stereocenters. The molecular formula is C12H16ClNO2S. The lowest BCUT2D eigenvalue weighted by molar-refractivity contribution is -0.143. The summed E-state index contributed by atoms with van der Waals surface area (Å²) in [5.74, 6) is -0.818. The van der Waals surface area contributed by atoms with Crippen molar-refractivity contribution in [2.75, 3.05) is 13.1 Å². The van der Waals surface area contributed by atoms with Gasteiger partial charge in [0, 0.05) is 10.9 Å². The number of hydrogen-bond donors (Lipinski definition) is 1. The van der Waals surface area contributed by atoms with Crippen molar-refractivity contribution in [3.8, 4) is 0 Å². The Bertz CT molecular complexity index is 399. The molecule has 1 fully saturated rings. The zero-order valence-electron chi connectivity index (χ0n) is 9.73. The quantitative estimate of drug-likeness (QED) is 0.919. The molecule has 17 heavy (non-hydrogen) atoms. The van der Waals surface area contributed by atoms with Crippen LogP contribution in [0.15, 0.2) is 12.1 Å². The molecule has 3 nitrogen and oxygen atoms in total. The maximum atomic E-state index is 10.9. The summed E-state index contributed by atoms with van der Waals surface area (Å²) in [6.45, 7) is 3.87. The molecule has 0 bridgehead atoms. The third kappa shape index (κ3) is 3.00. The first-order valence-corrected chi connectivity index (χ1v) is 6.99. The predicted molar refractivity (Wildman–Crippen MR) is 69.7 cm³/mol. The van der Waals surface area contributed by atoms with E-state index in [1.165, 1.54) is 4.88 Å². The normalized spacial score (nSPS) is 20.4. The molecule has 1 aliphatic rings. The molecule has 2 heterocycles. The molecule has 0 radical (unpaired) electrons. The molecule has 1 N–H and O–H groups in total. The van der Waals surface area contributed by atoms with E-state index in [9.17, 15) is 4.79 Å². The van der Waals surface area contributed by atoms with Gasteiger partial charge in [-0.2, -0.15) is 0 Å². The molecule has 1 aromatic rings. The van der Waals surface area contributed by atoms with Gasteiger partial charge >= 0.3 is 5.97 Å². The van der Waals surface area contributed by atoms with Gasteiger partial charge in [0.15, 0.2) is 0 Å². The summed E-state index contributed by atoms with van der Waals surface area (Å²) in [5, 5.41) is 8.95. The molecule has 0 aromatic carbocycles. The lowest BCUT2D eigenvalue weighted by atomic mass is 9.96. The number of piperidine rings is 1. The zero-order chi connectivity index (χ0) is 12.4. The van der Waals surface area contributed by atoms with Crippen molar-refractivity contribution < 1.29 is 9.90 Å². The molecule has 1 aromatic heterocycles. The van der Waals surface area contributed by atoms with E-state index < -0.39 is 5.97 Å². The smallest absolute Gasteiger partial charge is 0.306 e. The Balaban J connectivity index is 1.94. The van der Waals surface area contributed by atoms with Gasteiger partial charge in [0.1, 0.15) is 0 Å². The van der Waals surface area contributed by atoms with Gasteiger partial charge in [-0.1, -0.05) is 11.6 Å². The minimum atomic E-state index is -0.656. The SMILES string of the molecule is CC(c1ccc(Cl)s1)N1CCC(C(=O)O)CC1. The van der Waals surface area contributed by atoms with Crippen LogP contribution in [0.3, 0.4) is 0 Å². The van der Waals surface area contributed by atoms with E-state index in [0.29, 0.717) is 6.04 Å². The third-order valence-electron chi connectivity index (χ3n) is 3.43. The lowest BCUT2D eigenvalue weighted by Crippen LogP contribution is -2.37. The van der Waals surface area contributed by atoms with E-state index in [1.54, 1.807) is 11.3 Å². The molecule has 0 amide bonds. The van der Waals surface area contributed by atoms with Crippen LogP contribution in [0.5, 0.6) is 0 Å². The Morgan fingerprint density at radius 3 is 2.65 bits per heavy atom. The molecule has 94 valence electrons. The topological polar surface area (TPSA) is 40.5 Å². The van der Waals surface area contributed by atoms with Crippen LogP contribution in [-0.4, -0.2) is 29.1 Å². The first kappa shape index (κ1) is 12.9. The second-order valence-electron chi connectivity index (χ2n) is 4.47. The summed E-state index contributed by atoms with van der Waals surface area (Å²) in [5.41, 5.74) is 0. The standard InChI is InChI=1S/C12H16ClNO2S/c1-8(10-2-3-11(13)17-10)14-6-4-9(5-7-14)12(15)16/h2-3,8-9H,4-7H2,1H3,(H,15,16). The summed E-state index contributed by atoms with van der Waals surface area (Å²) in [7, 11) is 0. The van der Waals surface area contributed by atoms with E-state index in [-0.39, 0.29) is 5.92 Å². The average molecular weight is 274 g/mol. The number of nitrogens with zero attached hydrogens (tertiary/aromatic N) is 1. The van der Waals surface area contributed by atoms with Crippen molar-refractivity contribution >= 4 is 28.9 Å². The number of carboxylic acids is 1. The van der Waals surface area contributed by atoms with Gasteiger partial charge in [0.2, 0.25) is 0 Å². The highest BCUT2D eigenvalue weighted by molar-refractivity contribution is 7.16. The monoisotopic (exact) mass is 273 g/mol. The molecule has 1 atom stereocenters. The highest BCUT2D eigenvalue weighted by Crippen LogP contribution is 2.32. The van der Waals surface area contributed by atoms with Gasteiger partial charge in [-0.3, -0.25) is 9.69 Å². The maximum absolute atomic E-state index is 10.9. The maximum Gasteiger partial charge on any atom is 0.306 e. The third-order valence-corrected chi connectivity index (χ3v) is 4.83. The highest BCUT2D eigenvalue weighted by Gasteiger charge is 2.27. The van der Waals surface area contributed by atoms with Gasteiger partial charge in [0.25, 0.3) is 0 Å². The van der Waals surface area contributed by atoms with Crippen LogP contribution < -0.4 is 0 Å². The number of aliphatic carboxylic acids is 1. The molecule has 0 saturated carbocycles. The summed E-state index contributed by atoms with van der Waals surface area (Å²) in [6, 6.07) is 4.31. The van der Waals surface area contributed by atoms with Crippen molar-refractivity contribution in [1.29, 1.82) is 0 Å². The zero-order valence-corrected chi connectivity index (χ0v) is 11.3. The molecule has 1 aliphatic heterocycles. The summed E-state index contributed by atoms with van der Waals surface area (Å²) in [6.07, 6.45) is 1.50. The number of carbonyl (C=O) groups is 1. The number of rotatable bonds is 3. The fraction of sp³-hybridized carbons (Fsp3) is 0.583. The first-order chi connectivity index (χ1) is 8.08. The van der Waals surface area contributed by atoms with Crippen LogP contribution in [0, 0.1) is 5.92 Å². The van der Waals surface area contributed by atoms with Gasteiger partial charge in [-0.05, 0) is 45.0 Å². The number of carboxylic acid groups (broad SMARTS) is 1. The van der Waals surface area contributed by atoms with Crippen molar-refractivity contribution in [3.05, 3.63) is 21.3 Å². The Morgan fingerprint density at radius 2 is 2.18 bits per heavy atom. The highest BCUT2D eigenvalue weighted by atomic mass is 35.5. The van der Waals surface area contributed by atoms with Crippen LogP contribution in [0.4, 0.5) is 0 Å². The molecule has 0 spiro atoms. The number of thiophene rings is 1. The van der Waals surface area contributed by atoms with Crippen molar-refractivity contribution in [2.24, 2.45) is 5.92 Å². The van der Waals surface area contributed by atoms with E-state index in [2.05, 4.69) is 17.9 Å². The Kier molecular flexibility index (Phi) is 4.07. The fourth-order valence-electron chi connectivity index (χ4n) is 2.27. The second kappa shape index (κ2) is 5.38.